The van der Waals surface area contributed by atoms with Crippen LogP contribution in [-0.2, 0) is 4.79 Å². The molecular formula is C26H23Cl2N3O3. The lowest BCUT2D eigenvalue weighted by Gasteiger charge is -2.20. The lowest BCUT2D eigenvalue weighted by atomic mass is 10.0. The summed E-state index contributed by atoms with van der Waals surface area (Å²) in [5, 5.41) is 9.31. The Morgan fingerprint density at radius 2 is 1.91 bits per heavy atom. The van der Waals surface area contributed by atoms with E-state index in [2.05, 4.69) is 21.8 Å². The molecule has 0 bridgehead atoms. The van der Waals surface area contributed by atoms with Crippen LogP contribution in [0.4, 0.5) is 0 Å². The molecule has 0 aromatic heterocycles. The van der Waals surface area contributed by atoms with Crippen LogP contribution in [0.15, 0.2) is 59.7 Å². The molecule has 2 amide bonds. The minimum absolute atomic E-state index is 0.0975. The summed E-state index contributed by atoms with van der Waals surface area (Å²) >= 11 is 12.0. The maximum Gasteiger partial charge on any atom is 0.262 e. The van der Waals surface area contributed by atoms with E-state index in [1.807, 2.05) is 44.2 Å². The van der Waals surface area contributed by atoms with Gasteiger partial charge in [-0.25, -0.2) is 5.43 Å². The van der Waals surface area contributed by atoms with Gasteiger partial charge in [0.2, 0.25) is 0 Å². The standard InChI is InChI=1S/C26H23Cl2N3O3/c1-4-13-34-23-12-9-17-7-5-6-8-19(17)21(23)15-29-31-26(33)24(16(2)3)30-25(32)20-11-10-18(27)14-22(20)28/h1,5-12,14-16,24H,13H2,2-3H3,(H,30,32)(H,31,33). The molecule has 0 aliphatic carbocycles. The van der Waals surface area contributed by atoms with E-state index in [9.17, 15) is 9.59 Å². The van der Waals surface area contributed by atoms with Crippen molar-refractivity contribution >= 4 is 52.0 Å². The third-order valence-corrected chi connectivity index (χ3v) is 5.57. The molecule has 0 heterocycles. The number of carbonyl (C=O) groups is 2. The second-order valence-corrected chi connectivity index (χ2v) is 8.59. The largest absolute Gasteiger partial charge is 0.480 e. The summed E-state index contributed by atoms with van der Waals surface area (Å²) < 4.78 is 5.64. The lowest BCUT2D eigenvalue weighted by Crippen LogP contribution is -2.48. The van der Waals surface area contributed by atoms with Gasteiger partial charge in [0.25, 0.3) is 11.8 Å². The van der Waals surface area contributed by atoms with E-state index in [4.69, 9.17) is 34.4 Å². The van der Waals surface area contributed by atoms with Crippen LogP contribution in [-0.4, -0.2) is 30.7 Å². The molecule has 3 aromatic rings. The van der Waals surface area contributed by atoms with E-state index in [0.29, 0.717) is 16.3 Å². The third kappa shape index (κ3) is 6.07. The summed E-state index contributed by atoms with van der Waals surface area (Å²) in [6.45, 7) is 3.72. The fourth-order valence-electron chi connectivity index (χ4n) is 3.31. The van der Waals surface area contributed by atoms with Crippen LogP contribution in [0, 0.1) is 18.3 Å². The highest BCUT2D eigenvalue weighted by atomic mass is 35.5. The van der Waals surface area contributed by atoms with Gasteiger partial charge in [0.15, 0.2) is 0 Å². The molecule has 0 aliphatic heterocycles. The first-order valence-electron chi connectivity index (χ1n) is 10.5. The Kier molecular flexibility index (Phi) is 8.53. The Bertz CT molecular complexity index is 1280. The lowest BCUT2D eigenvalue weighted by molar-refractivity contribution is -0.123. The second kappa shape index (κ2) is 11.6. The van der Waals surface area contributed by atoms with Crippen LogP contribution >= 0.6 is 23.2 Å². The summed E-state index contributed by atoms with van der Waals surface area (Å²) in [6, 6.07) is 15.1. The molecule has 0 saturated heterocycles. The predicted octanol–water partition coefficient (Wildman–Crippen LogP) is 5.06. The van der Waals surface area contributed by atoms with E-state index in [-0.39, 0.29) is 23.1 Å². The summed E-state index contributed by atoms with van der Waals surface area (Å²) in [5.74, 6) is 1.81. The Labute approximate surface area is 208 Å². The Balaban J connectivity index is 1.79. The fraction of sp³-hybridized carbons (Fsp3) is 0.192. The molecular weight excluding hydrogens is 473 g/mol. The van der Waals surface area contributed by atoms with Crippen molar-refractivity contribution in [2.45, 2.75) is 19.9 Å². The van der Waals surface area contributed by atoms with Crippen LogP contribution < -0.4 is 15.5 Å². The van der Waals surface area contributed by atoms with Gasteiger partial charge in [-0.15, -0.1) is 6.42 Å². The number of benzene rings is 3. The van der Waals surface area contributed by atoms with E-state index in [1.54, 1.807) is 12.1 Å². The molecule has 3 rings (SSSR count). The number of fused-ring (bicyclic) bond motifs is 1. The van der Waals surface area contributed by atoms with Crippen LogP contribution in [0.2, 0.25) is 10.0 Å². The summed E-state index contributed by atoms with van der Waals surface area (Å²) in [5.41, 5.74) is 3.40. The zero-order chi connectivity index (χ0) is 24.7. The Hall–Kier alpha value is -3.53. The highest BCUT2D eigenvalue weighted by molar-refractivity contribution is 6.36. The van der Waals surface area contributed by atoms with Gasteiger partial charge in [0.1, 0.15) is 18.4 Å². The normalized spacial score (nSPS) is 11.9. The van der Waals surface area contributed by atoms with E-state index in [1.165, 1.54) is 18.3 Å². The number of terminal acetylenes is 1. The summed E-state index contributed by atoms with van der Waals surface area (Å²) in [4.78, 5) is 25.5. The topological polar surface area (TPSA) is 79.8 Å². The molecule has 0 radical (unpaired) electrons. The van der Waals surface area contributed by atoms with Crippen LogP contribution in [0.3, 0.4) is 0 Å². The van der Waals surface area contributed by atoms with Gasteiger partial charge < -0.3 is 10.1 Å². The van der Waals surface area contributed by atoms with Crippen molar-refractivity contribution < 1.29 is 14.3 Å². The molecule has 1 atom stereocenters. The first-order chi connectivity index (χ1) is 16.3. The average molecular weight is 496 g/mol. The molecule has 0 fully saturated rings. The fourth-order valence-corrected chi connectivity index (χ4v) is 3.81. The number of rotatable bonds is 8. The van der Waals surface area contributed by atoms with Crippen molar-refractivity contribution in [2.24, 2.45) is 11.0 Å². The zero-order valence-electron chi connectivity index (χ0n) is 18.6. The highest BCUT2D eigenvalue weighted by Gasteiger charge is 2.25. The number of ether oxygens (including phenoxy) is 1. The maximum atomic E-state index is 12.8. The highest BCUT2D eigenvalue weighted by Crippen LogP contribution is 2.26. The zero-order valence-corrected chi connectivity index (χ0v) is 20.2. The number of amides is 2. The smallest absolute Gasteiger partial charge is 0.262 e. The molecule has 0 spiro atoms. The van der Waals surface area contributed by atoms with Gasteiger partial charge >= 0.3 is 0 Å². The first kappa shape index (κ1) is 25.1. The van der Waals surface area contributed by atoms with Gasteiger partial charge in [-0.1, -0.05) is 73.3 Å². The summed E-state index contributed by atoms with van der Waals surface area (Å²) in [6.07, 6.45) is 6.83. The van der Waals surface area contributed by atoms with Crippen LogP contribution in [0.5, 0.6) is 5.75 Å². The second-order valence-electron chi connectivity index (χ2n) is 7.74. The average Bonchev–Trinajstić information content (AvgIpc) is 2.81. The minimum Gasteiger partial charge on any atom is -0.480 e. The van der Waals surface area contributed by atoms with Crippen LogP contribution in [0.1, 0.15) is 29.8 Å². The van der Waals surface area contributed by atoms with Crippen molar-refractivity contribution in [1.82, 2.24) is 10.7 Å². The molecule has 174 valence electrons. The Morgan fingerprint density at radius 1 is 1.15 bits per heavy atom. The van der Waals surface area contributed by atoms with Crippen molar-refractivity contribution in [3.05, 3.63) is 75.8 Å². The van der Waals surface area contributed by atoms with Crippen molar-refractivity contribution in [3.63, 3.8) is 0 Å². The van der Waals surface area contributed by atoms with Gasteiger partial charge in [-0.2, -0.15) is 5.10 Å². The number of nitrogens with zero attached hydrogens (tertiary/aromatic N) is 1. The van der Waals surface area contributed by atoms with Crippen molar-refractivity contribution in [3.8, 4) is 18.1 Å². The van der Waals surface area contributed by atoms with Gasteiger partial charge in [0.05, 0.1) is 16.8 Å². The molecule has 2 N–H and O–H groups in total. The van der Waals surface area contributed by atoms with Crippen molar-refractivity contribution in [2.75, 3.05) is 6.61 Å². The maximum absolute atomic E-state index is 12.8. The monoisotopic (exact) mass is 495 g/mol. The molecule has 0 saturated carbocycles. The first-order valence-corrected chi connectivity index (χ1v) is 11.2. The molecule has 8 heteroatoms. The number of halogens is 2. The SMILES string of the molecule is C#CCOc1ccc2ccccc2c1C=NNC(=O)C(NC(=O)c1ccc(Cl)cc1Cl)C(C)C. The van der Waals surface area contributed by atoms with E-state index >= 15 is 0 Å². The third-order valence-electron chi connectivity index (χ3n) is 5.02. The molecule has 3 aromatic carbocycles. The van der Waals surface area contributed by atoms with Gasteiger partial charge in [-0.05, 0) is 41.0 Å². The van der Waals surface area contributed by atoms with E-state index < -0.39 is 17.9 Å². The Morgan fingerprint density at radius 3 is 2.62 bits per heavy atom. The van der Waals surface area contributed by atoms with Gasteiger partial charge in [0, 0.05) is 10.6 Å². The van der Waals surface area contributed by atoms with Crippen molar-refractivity contribution in [1.29, 1.82) is 0 Å². The predicted molar refractivity (Wildman–Crippen MR) is 137 cm³/mol. The summed E-state index contributed by atoms with van der Waals surface area (Å²) in [7, 11) is 0. The number of nitrogens with one attached hydrogen (secondary N) is 2. The number of hydrogen-bond donors (Lipinski definition) is 2. The van der Waals surface area contributed by atoms with E-state index in [0.717, 1.165) is 10.8 Å². The molecule has 6 nitrogen and oxygen atoms in total. The quantitative estimate of drug-likeness (QED) is 0.260. The molecule has 34 heavy (non-hydrogen) atoms. The number of hydrazone groups is 1. The molecule has 0 aliphatic rings. The van der Waals surface area contributed by atoms with Gasteiger partial charge in [-0.3, -0.25) is 9.59 Å². The molecule has 1 unspecified atom stereocenters. The van der Waals surface area contributed by atoms with Crippen LogP contribution in [0.25, 0.3) is 10.8 Å². The minimum atomic E-state index is -0.846. The number of carbonyl (C=O) groups excluding carboxylic acids is 2. The number of hydrogen-bond acceptors (Lipinski definition) is 4.